The van der Waals surface area contributed by atoms with Crippen LogP contribution in [0.2, 0.25) is 5.02 Å². The number of rotatable bonds is 4. The fraction of sp³-hybridized carbons (Fsp3) is 0.438. The summed E-state index contributed by atoms with van der Waals surface area (Å²) in [4.78, 5) is 15.4. The molecule has 1 fully saturated rings. The number of carbonyl (C=O) groups is 1. The lowest BCUT2D eigenvalue weighted by Gasteiger charge is -2.07. The molecule has 0 atom stereocenters. The summed E-state index contributed by atoms with van der Waals surface area (Å²) in [5.41, 5.74) is 1.75. The lowest BCUT2D eigenvalue weighted by molar-refractivity contribution is 0.0975. The molecule has 19 heavy (non-hydrogen) atoms. The second kappa shape index (κ2) is 5.38. The van der Waals surface area contributed by atoms with Crippen LogP contribution in [0, 0.1) is 5.92 Å². The van der Waals surface area contributed by atoms with Gasteiger partial charge in [0.1, 0.15) is 0 Å². The van der Waals surface area contributed by atoms with Gasteiger partial charge in [0.2, 0.25) is 0 Å². The third kappa shape index (κ3) is 2.69. The van der Waals surface area contributed by atoms with E-state index >= 15 is 0 Å². The van der Waals surface area contributed by atoms with Crippen molar-refractivity contribution in [1.29, 1.82) is 0 Å². The number of carbonyl (C=O) groups excluding carboxylic acids is 1. The molecule has 1 aliphatic carbocycles. The van der Waals surface area contributed by atoms with Gasteiger partial charge in [-0.1, -0.05) is 43.4 Å². The van der Waals surface area contributed by atoms with Gasteiger partial charge in [0.05, 0.1) is 0 Å². The van der Waals surface area contributed by atoms with Crippen LogP contribution < -0.4 is 0 Å². The molecule has 0 spiro atoms. The fourth-order valence-electron chi connectivity index (χ4n) is 3.10. The van der Waals surface area contributed by atoms with Crippen molar-refractivity contribution in [3.8, 4) is 0 Å². The molecule has 0 amide bonds. The van der Waals surface area contributed by atoms with E-state index in [9.17, 15) is 4.79 Å². The molecule has 1 saturated carbocycles. The quantitative estimate of drug-likeness (QED) is 0.785. The van der Waals surface area contributed by atoms with Crippen molar-refractivity contribution >= 4 is 28.3 Å². The second-order valence-electron chi connectivity index (χ2n) is 5.50. The Morgan fingerprint density at radius 2 is 2.11 bits per heavy atom. The van der Waals surface area contributed by atoms with Crippen LogP contribution in [0.25, 0.3) is 10.9 Å². The maximum atomic E-state index is 12.3. The second-order valence-corrected chi connectivity index (χ2v) is 5.94. The summed E-state index contributed by atoms with van der Waals surface area (Å²) in [5, 5.41) is 1.68. The van der Waals surface area contributed by atoms with Crippen LogP contribution in [0.1, 0.15) is 48.9 Å². The van der Waals surface area contributed by atoms with Crippen molar-refractivity contribution in [1.82, 2.24) is 4.98 Å². The van der Waals surface area contributed by atoms with Crippen LogP contribution in [0.15, 0.2) is 24.4 Å². The predicted molar refractivity (Wildman–Crippen MR) is 78.8 cm³/mol. The number of nitrogens with one attached hydrogen (secondary N) is 1. The smallest absolute Gasteiger partial charge is 0.165 e. The maximum absolute atomic E-state index is 12.3. The lowest BCUT2D eigenvalue weighted by Crippen LogP contribution is -2.02. The number of Topliss-reactive ketones (excluding diaryl/α,β-unsaturated/α-hetero) is 1. The highest BCUT2D eigenvalue weighted by Gasteiger charge is 2.18. The van der Waals surface area contributed by atoms with E-state index in [1.807, 2.05) is 24.4 Å². The Morgan fingerprint density at radius 1 is 1.32 bits per heavy atom. The van der Waals surface area contributed by atoms with E-state index < -0.39 is 0 Å². The topological polar surface area (TPSA) is 32.9 Å². The molecule has 1 aromatic carbocycles. The van der Waals surface area contributed by atoms with E-state index in [-0.39, 0.29) is 5.78 Å². The SMILES string of the molecule is O=C(CCC1CCCC1)c1c[nH]c2cc(Cl)ccc12. The summed E-state index contributed by atoms with van der Waals surface area (Å²) in [5.74, 6) is 1.02. The average molecular weight is 276 g/mol. The highest BCUT2D eigenvalue weighted by atomic mass is 35.5. The Hall–Kier alpha value is -1.28. The lowest BCUT2D eigenvalue weighted by atomic mass is 9.97. The third-order valence-electron chi connectivity index (χ3n) is 4.20. The predicted octanol–water partition coefficient (Wildman–Crippen LogP) is 4.97. The minimum atomic E-state index is 0.250. The van der Waals surface area contributed by atoms with Gasteiger partial charge in [0, 0.05) is 34.1 Å². The van der Waals surface area contributed by atoms with Crippen molar-refractivity contribution < 1.29 is 4.79 Å². The number of ketones is 1. The van der Waals surface area contributed by atoms with Crippen LogP contribution in [0.3, 0.4) is 0 Å². The highest BCUT2D eigenvalue weighted by molar-refractivity contribution is 6.31. The molecule has 100 valence electrons. The van der Waals surface area contributed by atoms with Gasteiger partial charge < -0.3 is 4.98 Å². The Labute approximate surface area is 118 Å². The molecule has 2 nitrogen and oxygen atoms in total. The van der Waals surface area contributed by atoms with Crippen molar-refractivity contribution in [2.75, 3.05) is 0 Å². The van der Waals surface area contributed by atoms with E-state index in [1.165, 1.54) is 25.7 Å². The molecule has 0 bridgehead atoms. The van der Waals surface area contributed by atoms with Crippen molar-refractivity contribution in [3.63, 3.8) is 0 Å². The Balaban J connectivity index is 1.74. The summed E-state index contributed by atoms with van der Waals surface area (Å²) < 4.78 is 0. The van der Waals surface area contributed by atoms with Gasteiger partial charge in [0.15, 0.2) is 5.78 Å². The van der Waals surface area contributed by atoms with Crippen LogP contribution in [0.4, 0.5) is 0 Å². The number of aromatic nitrogens is 1. The monoisotopic (exact) mass is 275 g/mol. The van der Waals surface area contributed by atoms with Gasteiger partial charge in [-0.3, -0.25) is 4.79 Å². The molecular formula is C16H18ClNO. The minimum absolute atomic E-state index is 0.250. The van der Waals surface area contributed by atoms with Crippen molar-refractivity contribution in [2.45, 2.75) is 38.5 Å². The molecule has 0 saturated heterocycles. The zero-order valence-corrected chi connectivity index (χ0v) is 11.7. The van der Waals surface area contributed by atoms with Crippen LogP contribution in [-0.4, -0.2) is 10.8 Å². The zero-order chi connectivity index (χ0) is 13.2. The molecule has 0 radical (unpaired) electrons. The highest BCUT2D eigenvalue weighted by Crippen LogP contribution is 2.30. The normalized spacial score (nSPS) is 16.3. The minimum Gasteiger partial charge on any atom is -0.360 e. The van der Waals surface area contributed by atoms with Crippen LogP contribution >= 0.6 is 11.6 Å². The molecule has 1 heterocycles. The van der Waals surface area contributed by atoms with Gasteiger partial charge in [-0.05, 0) is 24.5 Å². The van der Waals surface area contributed by atoms with Gasteiger partial charge in [-0.15, -0.1) is 0 Å². The van der Waals surface area contributed by atoms with Crippen LogP contribution in [-0.2, 0) is 0 Å². The first-order valence-corrected chi connectivity index (χ1v) is 7.41. The molecule has 1 aliphatic rings. The van der Waals surface area contributed by atoms with Gasteiger partial charge in [-0.2, -0.15) is 0 Å². The number of hydrogen-bond acceptors (Lipinski definition) is 1. The van der Waals surface area contributed by atoms with Gasteiger partial charge in [0.25, 0.3) is 0 Å². The van der Waals surface area contributed by atoms with E-state index in [4.69, 9.17) is 11.6 Å². The molecule has 1 aromatic heterocycles. The summed E-state index contributed by atoms with van der Waals surface area (Å²) in [7, 11) is 0. The van der Waals surface area contributed by atoms with E-state index in [2.05, 4.69) is 4.98 Å². The summed E-state index contributed by atoms with van der Waals surface area (Å²) in [6.45, 7) is 0. The van der Waals surface area contributed by atoms with E-state index in [0.717, 1.165) is 28.8 Å². The molecule has 3 rings (SSSR count). The number of fused-ring (bicyclic) bond motifs is 1. The molecular weight excluding hydrogens is 258 g/mol. The standard InChI is InChI=1S/C16H18ClNO/c17-12-6-7-13-14(10-18-15(13)9-12)16(19)8-5-11-3-1-2-4-11/h6-7,9-11,18H,1-5,8H2. The van der Waals surface area contributed by atoms with Gasteiger partial charge >= 0.3 is 0 Å². The first kappa shape index (κ1) is 12.7. The molecule has 0 aliphatic heterocycles. The average Bonchev–Trinajstić information content (AvgIpc) is 3.04. The third-order valence-corrected chi connectivity index (χ3v) is 4.43. The molecule has 1 N–H and O–H groups in total. The number of hydrogen-bond donors (Lipinski definition) is 1. The molecule has 0 unspecified atom stereocenters. The van der Waals surface area contributed by atoms with Crippen molar-refractivity contribution in [2.24, 2.45) is 5.92 Å². The number of H-pyrrole nitrogens is 1. The van der Waals surface area contributed by atoms with Crippen molar-refractivity contribution in [3.05, 3.63) is 35.0 Å². The fourth-order valence-corrected chi connectivity index (χ4v) is 3.27. The number of benzene rings is 1. The summed E-state index contributed by atoms with van der Waals surface area (Å²) in [6.07, 6.45) is 8.81. The Kier molecular flexibility index (Phi) is 3.61. The summed E-state index contributed by atoms with van der Waals surface area (Å²) in [6, 6.07) is 5.63. The molecule has 2 aromatic rings. The first-order valence-electron chi connectivity index (χ1n) is 7.04. The maximum Gasteiger partial charge on any atom is 0.165 e. The van der Waals surface area contributed by atoms with Gasteiger partial charge in [-0.25, -0.2) is 0 Å². The zero-order valence-electron chi connectivity index (χ0n) is 10.9. The van der Waals surface area contributed by atoms with E-state index in [1.54, 1.807) is 0 Å². The van der Waals surface area contributed by atoms with E-state index in [0.29, 0.717) is 11.4 Å². The Bertz CT molecular complexity index is 596. The summed E-state index contributed by atoms with van der Waals surface area (Å²) >= 11 is 5.95. The molecule has 3 heteroatoms. The van der Waals surface area contributed by atoms with Crippen LogP contribution in [0.5, 0.6) is 0 Å². The number of halogens is 1. The Morgan fingerprint density at radius 3 is 2.89 bits per heavy atom. The first-order chi connectivity index (χ1) is 9.24. The largest absolute Gasteiger partial charge is 0.360 e. The number of aromatic amines is 1.